The van der Waals surface area contributed by atoms with Crippen LogP contribution in [0.4, 0.5) is 17.5 Å². The number of anilines is 3. The number of nitrogens with two attached hydrogens (primary N) is 1. The predicted molar refractivity (Wildman–Crippen MR) is 68.6 cm³/mol. The minimum atomic E-state index is 0.448. The average molecular weight is 279 g/mol. The van der Waals surface area contributed by atoms with Crippen LogP contribution >= 0.6 is 15.9 Å². The van der Waals surface area contributed by atoms with Gasteiger partial charge in [-0.25, -0.2) is 4.98 Å². The van der Waals surface area contributed by atoms with Crippen molar-refractivity contribution in [3.8, 4) is 0 Å². The third kappa shape index (κ3) is 2.70. The van der Waals surface area contributed by atoms with Gasteiger partial charge in [-0.3, -0.25) is 0 Å². The van der Waals surface area contributed by atoms with Crippen molar-refractivity contribution in [3.05, 3.63) is 40.5 Å². The summed E-state index contributed by atoms with van der Waals surface area (Å²) in [6.07, 6.45) is 1.62. The number of rotatable bonds is 2. The third-order valence-electron chi connectivity index (χ3n) is 1.98. The molecule has 0 spiro atoms. The van der Waals surface area contributed by atoms with Crippen LogP contribution < -0.4 is 11.1 Å². The molecule has 0 unspecified atom stereocenters. The molecule has 0 amide bonds. The molecule has 3 N–H and O–H groups in total. The number of hydrogen-bond donors (Lipinski definition) is 2. The van der Waals surface area contributed by atoms with Crippen LogP contribution in [0, 0.1) is 6.92 Å². The van der Waals surface area contributed by atoms with E-state index in [-0.39, 0.29) is 0 Å². The van der Waals surface area contributed by atoms with Gasteiger partial charge in [0.05, 0.1) is 0 Å². The Bertz CT molecular complexity index is 493. The van der Waals surface area contributed by atoms with Crippen molar-refractivity contribution >= 4 is 33.4 Å². The number of benzene rings is 1. The monoisotopic (exact) mass is 278 g/mol. The maximum atomic E-state index is 5.57. The van der Waals surface area contributed by atoms with Crippen LogP contribution in [0.3, 0.4) is 0 Å². The molecule has 0 aliphatic rings. The summed E-state index contributed by atoms with van der Waals surface area (Å²) < 4.78 is 1.01. The fourth-order valence-electron chi connectivity index (χ4n) is 1.37. The smallest absolute Gasteiger partial charge is 0.229 e. The van der Waals surface area contributed by atoms with Crippen LogP contribution in [0.15, 0.2) is 34.9 Å². The van der Waals surface area contributed by atoms with Crippen LogP contribution in [0.25, 0.3) is 0 Å². The largest absolute Gasteiger partial charge is 0.384 e. The second-order valence-electron chi connectivity index (χ2n) is 3.45. The molecule has 5 heteroatoms. The lowest BCUT2D eigenvalue weighted by Gasteiger charge is -2.06. The Morgan fingerprint density at radius 1 is 1.31 bits per heavy atom. The van der Waals surface area contributed by atoms with Crippen molar-refractivity contribution in [2.45, 2.75) is 6.92 Å². The fraction of sp³-hybridized carbons (Fsp3) is 0.0909. The van der Waals surface area contributed by atoms with Gasteiger partial charge in [0.1, 0.15) is 5.82 Å². The Labute approximate surface area is 102 Å². The highest BCUT2D eigenvalue weighted by atomic mass is 79.9. The van der Waals surface area contributed by atoms with E-state index in [1.807, 2.05) is 25.1 Å². The van der Waals surface area contributed by atoms with Gasteiger partial charge in [-0.05, 0) is 36.8 Å². The van der Waals surface area contributed by atoms with E-state index < -0.39 is 0 Å². The summed E-state index contributed by atoms with van der Waals surface area (Å²) in [4.78, 5) is 8.14. The quantitative estimate of drug-likeness (QED) is 0.887. The van der Waals surface area contributed by atoms with E-state index in [1.54, 1.807) is 12.3 Å². The molecular weight excluding hydrogens is 268 g/mol. The summed E-state index contributed by atoms with van der Waals surface area (Å²) in [5, 5.41) is 3.09. The van der Waals surface area contributed by atoms with E-state index in [0.717, 1.165) is 15.7 Å². The van der Waals surface area contributed by atoms with Gasteiger partial charge in [-0.1, -0.05) is 15.9 Å². The summed E-state index contributed by atoms with van der Waals surface area (Å²) in [7, 11) is 0. The number of aromatic nitrogens is 2. The normalized spacial score (nSPS) is 10.1. The number of nitrogens with zero attached hydrogens (tertiary/aromatic N) is 2. The first-order chi connectivity index (χ1) is 7.63. The number of nitrogen functional groups attached to an aromatic ring is 1. The Kier molecular flexibility index (Phi) is 3.05. The number of halogens is 1. The molecule has 4 nitrogen and oxygen atoms in total. The molecule has 16 heavy (non-hydrogen) atoms. The molecule has 1 aromatic carbocycles. The highest BCUT2D eigenvalue weighted by Gasteiger charge is 2.00. The molecule has 0 aliphatic carbocycles. The average Bonchev–Trinajstić information content (AvgIpc) is 2.15. The summed E-state index contributed by atoms with van der Waals surface area (Å²) >= 11 is 3.44. The maximum absolute atomic E-state index is 5.57. The van der Waals surface area contributed by atoms with Crippen molar-refractivity contribution in [2.24, 2.45) is 0 Å². The molecule has 0 atom stereocenters. The minimum absolute atomic E-state index is 0.448. The van der Waals surface area contributed by atoms with Crippen LogP contribution in [-0.2, 0) is 0 Å². The van der Waals surface area contributed by atoms with Gasteiger partial charge in [0.25, 0.3) is 0 Å². The predicted octanol–water partition coefficient (Wildman–Crippen LogP) is 2.87. The van der Waals surface area contributed by atoms with E-state index in [9.17, 15) is 0 Å². The van der Waals surface area contributed by atoms with Crippen LogP contribution in [-0.4, -0.2) is 9.97 Å². The van der Waals surface area contributed by atoms with Crippen molar-refractivity contribution in [2.75, 3.05) is 11.1 Å². The number of hydrogen-bond acceptors (Lipinski definition) is 4. The van der Waals surface area contributed by atoms with E-state index >= 15 is 0 Å². The summed E-state index contributed by atoms with van der Waals surface area (Å²) in [6, 6.07) is 7.65. The van der Waals surface area contributed by atoms with Gasteiger partial charge < -0.3 is 11.1 Å². The molecule has 1 aromatic heterocycles. The summed E-state index contributed by atoms with van der Waals surface area (Å²) in [5.74, 6) is 0.946. The zero-order chi connectivity index (χ0) is 11.5. The first-order valence-electron chi connectivity index (χ1n) is 4.76. The van der Waals surface area contributed by atoms with E-state index in [2.05, 4.69) is 31.2 Å². The number of aryl methyl sites for hydroxylation is 1. The minimum Gasteiger partial charge on any atom is -0.384 e. The van der Waals surface area contributed by atoms with Crippen molar-refractivity contribution < 1.29 is 0 Å². The zero-order valence-electron chi connectivity index (χ0n) is 8.74. The Balaban J connectivity index is 2.27. The topological polar surface area (TPSA) is 63.8 Å². The highest BCUT2D eigenvalue weighted by Crippen LogP contribution is 2.21. The molecule has 0 fully saturated rings. The van der Waals surface area contributed by atoms with Crippen LogP contribution in [0.5, 0.6) is 0 Å². The molecular formula is C11H11BrN4. The van der Waals surface area contributed by atoms with Gasteiger partial charge in [0.2, 0.25) is 5.95 Å². The third-order valence-corrected chi connectivity index (χ3v) is 2.43. The lowest BCUT2D eigenvalue weighted by Crippen LogP contribution is -1.99. The first kappa shape index (κ1) is 10.9. The van der Waals surface area contributed by atoms with Gasteiger partial charge in [-0.15, -0.1) is 0 Å². The molecule has 2 aromatic rings. The molecule has 0 radical (unpaired) electrons. The van der Waals surface area contributed by atoms with E-state index in [4.69, 9.17) is 5.73 Å². The highest BCUT2D eigenvalue weighted by molar-refractivity contribution is 9.10. The standard InChI is InChI=1S/C11H11BrN4/c1-7-4-8(12)6-9(5-7)15-11-14-3-2-10(13)16-11/h2-6H,1H3,(H3,13,14,15,16). The molecule has 0 aliphatic heterocycles. The Morgan fingerprint density at radius 3 is 2.81 bits per heavy atom. The van der Waals surface area contributed by atoms with Gasteiger partial charge in [0, 0.05) is 16.4 Å². The second-order valence-corrected chi connectivity index (χ2v) is 4.36. The van der Waals surface area contributed by atoms with Gasteiger partial charge in [-0.2, -0.15) is 4.98 Å². The van der Waals surface area contributed by atoms with Crippen molar-refractivity contribution in [1.82, 2.24) is 9.97 Å². The lowest BCUT2D eigenvalue weighted by molar-refractivity contribution is 1.17. The first-order valence-corrected chi connectivity index (χ1v) is 5.55. The molecule has 0 bridgehead atoms. The Hall–Kier alpha value is -1.62. The van der Waals surface area contributed by atoms with Crippen LogP contribution in [0.2, 0.25) is 0 Å². The molecule has 2 rings (SSSR count). The van der Waals surface area contributed by atoms with Crippen molar-refractivity contribution in [1.29, 1.82) is 0 Å². The molecule has 0 saturated carbocycles. The SMILES string of the molecule is Cc1cc(Br)cc(Nc2nccc(N)n2)c1. The molecule has 1 heterocycles. The Morgan fingerprint density at radius 2 is 2.12 bits per heavy atom. The van der Waals surface area contributed by atoms with Crippen LogP contribution in [0.1, 0.15) is 5.56 Å². The van der Waals surface area contributed by atoms with E-state index in [0.29, 0.717) is 11.8 Å². The van der Waals surface area contributed by atoms with Gasteiger partial charge in [0.15, 0.2) is 0 Å². The summed E-state index contributed by atoms with van der Waals surface area (Å²) in [5.41, 5.74) is 7.65. The summed E-state index contributed by atoms with van der Waals surface area (Å²) in [6.45, 7) is 2.02. The van der Waals surface area contributed by atoms with E-state index in [1.165, 1.54) is 0 Å². The fourth-order valence-corrected chi connectivity index (χ4v) is 1.98. The maximum Gasteiger partial charge on any atom is 0.229 e. The van der Waals surface area contributed by atoms with Gasteiger partial charge >= 0.3 is 0 Å². The lowest BCUT2D eigenvalue weighted by atomic mass is 10.2. The molecule has 82 valence electrons. The molecule has 0 saturated heterocycles. The second kappa shape index (κ2) is 4.49. The number of nitrogens with one attached hydrogen (secondary N) is 1. The zero-order valence-corrected chi connectivity index (χ0v) is 10.3. The van der Waals surface area contributed by atoms with Crippen molar-refractivity contribution in [3.63, 3.8) is 0 Å².